The normalized spacial score (nSPS) is 12.3. The number of benzene rings is 1. The Morgan fingerprint density at radius 3 is 2.26 bits per heavy atom. The van der Waals surface area contributed by atoms with Crippen molar-refractivity contribution in [3.05, 3.63) is 30.3 Å². The molecule has 0 saturated heterocycles. The molecule has 1 unspecified atom stereocenters. The molecule has 0 aromatic heterocycles. The molecular weight excluding hydrogens is 299 g/mol. The van der Waals surface area contributed by atoms with Crippen LogP contribution < -0.4 is 4.46 Å². The van der Waals surface area contributed by atoms with Gasteiger partial charge in [-0.15, -0.1) is 0 Å². The molecule has 1 rings (SSSR count). The van der Waals surface area contributed by atoms with Gasteiger partial charge in [-0.25, -0.2) is 0 Å². The van der Waals surface area contributed by atoms with Crippen molar-refractivity contribution in [3.8, 4) is 0 Å². The minimum atomic E-state index is 0.269. The standard InChI is InChI=1S/C17H26OSe/c1-2-3-4-5-6-7-9-14-17(15-18)19-16-12-10-8-11-13-16/h8,10-13,15,17H,2-7,9,14H2,1H3. The second kappa shape index (κ2) is 11.3. The molecule has 0 saturated carbocycles. The zero-order valence-electron chi connectivity index (χ0n) is 12.0. The Kier molecular flexibility index (Phi) is 9.75. The van der Waals surface area contributed by atoms with Gasteiger partial charge in [-0.05, 0) is 0 Å². The van der Waals surface area contributed by atoms with Crippen molar-refractivity contribution in [2.45, 2.75) is 63.1 Å². The van der Waals surface area contributed by atoms with Gasteiger partial charge in [0.05, 0.1) is 0 Å². The second-order valence-electron chi connectivity index (χ2n) is 5.02. The fraction of sp³-hybridized carbons (Fsp3) is 0.588. The number of unbranched alkanes of at least 4 members (excludes halogenated alkanes) is 6. The summed E-state index contributed by atoms with van der Waals surface area (Å²) in [4.78, 5) is 11.4. The predicted molar refractivity (Wildman–Crippen MR) is 84.3 cm³/mol. The van der Waals surface area contributed by atoms with Crippen LogP contribution in [0.3, 0.4) is 0 Å². The van der Waals surface area contributed by atoms with E-state index in [9.17, 15) is 4.79 Å². The summed E-state index contributed by atoms with van der Waals surface area (Å²) in [6.07, 6.45) is 11.5. The third-order valence-corrected chi connectivity index (χ3v) is 5.78. The monoisotopic (exact) mass is 326 g/mol. The van der Waals surface area contributed by atoms with Crippen molar-refractivity contribution >= 4 is 25.7 Å². The fourth-order valence-electron chi connectivity index (χ4n) is 2.13. The molecule has 0 radical (unpaired) electrons. The van der Waals surface area contributed by atoms with Gasteiger partial charge in [0.2, 0.25) is 0 Å². The minimum absolute atomic E-state index is 0.269. The summed E-state index contributed by atoms with van der Waals surface area (Å²) in [5, 5.41) is 0. The Morgan fingerprint density at radius 2 is 1.63 bits per heavy atom. The molecule has 0 amide bonds. The number of aldehydes is 1. The van der Waals surface area contributed by atoms with Crippen LogP contribution in [0.4, 0.5) is 0 Å². The van der Waals surface area contributed by atoms with E-state index < -0.39 is 0 Å². The summed E-state index contributed by atoms with van der Waals surface area (Å²) in [6.45, 7) is 2.25. The average Bonchev–Trinajstić information content (AvgIpc) is 2.46. The quantitative estimate of drug-likeness (QED) is 0.339. The van der Waals surface area contributed by atoms with E-state index in [0.29, 0.717) is 15.0 Å². The molecule has 0 spiro atoms. The first-order valence-electron chi connectivity index (χ1n) is 7.53. The summed E-state index contributed by atoms with van der Waals surface area (Å²) in [6, 6.07) is 10.4. The van der Waals surface area contributed by atoms with Gasteiger partial charge in [0.25, 0.3) is 0 Å². The van der Waals surface area contributed by atoms with Gasteiger partial charge in [0.15, 0.2) is 0 Å². The zero-order valence-corrected chi connectivity index (χ0v) is 13.7. The summed E-state index contributed by atoms with van der Waals surface area (Å²) >= 11 is 0.311. The Labute approximate surface area is 124 Å². The van der Waals surface area contributed by atoms with Crippen LogP contribution in [0.2, 0.25) is 4.82 Å². The number of carbonyl (C=O) groups is 1. The van der Waals surface area contributed by atoms with Crippen molar-refractivity contribution in [1.29, 1.82) is 0 Å². The van der Waals surface area contributed by atoms with Crippen LogP contribution in [0.25, 0.3) is 0 Å². The van der Waals surface area contributed by atoms with E-state index in [2.05, 4.69) is 31.2 Å². The van der Waals surface area contributed by atoms with Gasteiger partial charge in [-0.1, -0.05) is 0 Å². The molecule has 0 aliphatic rings. The molecule has 1 aromatic carbocycles. The molecule has 1 atom stereocenters. The molecule has 2 heteroatoms. The molecule has 0 aliphatic heterocycles. The van der Waals surface area contributed by atoms with Crippen molar-refractivity contribution in [3.63, 3.8) is 0 Å². The van der Waals surface area contributed by atoms with E-state index in [0.717, 1.165) is 6.42 Å². The third-order valence-electron chi connectivity index (χ3n) is 3.27. The van der Waals surface area contributed by atoms with Gasteiger partial charge < -0.3 is 0 Å². The maximum absolute atomic E-state index is 11.1. The molecule has 1 aromatic rings. The van der Waals surface area contributed by atoms with E-state index in [4.69, 9.17) is 0 Å². The number of rotatable bonds is 11. The Morgan fingerprint density at radius 1 is 1.00 bits per heavy atom. The first-order chi connectivity index (χ1) is 9.36. The summed E-state index contributed by atoms with van der Waals surface area (Å²) in [5.74, 6) is 0. The first kappa shape index (κ1) is 16.5. The van der Waals surface area contributed by atoms with Crippen molar-refractivity contribution < 1.29 is 4.79 Å². The molecule has 0 N–H and O–H groups in total. The van der Waals surface area contributed by atoms with E-state index in [1.165, 1.54) is 55.7 Å². The Hall–Kier alpha value is -0.591. The number of hydrogen-bond acceptors (Lipinski definition) is 1. The van der Waals surface area contributed by atoms with Crippen molar-refractivity contribution in [1.82, 2.24) is 0 Å². The van der Waals surface area contributed by atoms with Crippen molar-refractivity contribution in [2.75, 3.05) is 0 Å². The molecule has 0 heterocycles. The molecule has 106 valence electrons. The number of hydrogen-bond donors (Lipinski definition) is 0. The average molecular weight is 325 g/mol. The van der Waals surface area contributed by atoms with E-state index >= 15 is 0 Å². The predicted octanol–water partition coefficient (Wildman–Crippen LogP) is 4.14. The van der Waals surface area contributed by atoms with Gasteiger partial charge in [-0.2, -0.15) is 0 Å². The maximum atomic E-state index is 11.1. The van der Waals surface area contributed by atoms with Crippen LogP contribution in [0, 0.1) is 0 Å². The van der Waals surface area contributed by atoms with Gasteiger partial charge >= 0.3 is 124 Å². The Bertz CT molecular complexity index is 323. The summed E-state index contributed by atoms with van der Waals surface area (Å²) < 4.78 is 1.34. The summed E-state index contributed by atoms with van der Waals surface area (Å²) in [5.41, 5.74) is 0. The SMILES string of the molecule is CCCCCCCCCC(C=O)[Se]c1ccccc1. The molecule has 0 fully saturated rings. The Balaban J connectivity index is 2.10. The molecule has 19 heavy (non-hydrogen) atoms. The van der Waals surface area contributed by atoms with Crippen LogP contribution in [-0.2, 0) is 4.79 Å². The second-order valence-corrected chi connectivity index (χ2v) is 7.77. The third kappa shape index (κ3) is 8.23. The topological polar surface area (TPSA) is 17.1 Å². The molecular formula is C17H26OSe. The van der Waals surface area contributed by atoms with Gasteiger partial charge in [-0.3, -0.25) is 0 Å². The van der Waals surface area contributed by atoms with Crippen LogP contribution >= 0.6 is 0 Å². The van der Waals surface area contributed by atoms with Crippen LogP contribution in [0.15, 0.2) is 30.3 Å². The van der Waals surface area contributed by atoms with E-state index in [1.54, 1.807) is 0 Å². The van der Waals surface area contributed by atoms with Crippen LogP contribution in [0.5, 0.6) is 0 Å². The molecule has 0 aliphatic carbocycles. The molecule has 1 nitrogen and oxygen atoms in total. The first-order valence-corrected chi connectivity index (χ1v) is 9.38. The van der Waals surface area contributed by atoms with Crippen LogP contribution in [-0.4, -0.2) is 21.2 Å². The van der Waals surface area contributed by atoms with Crippen molar-refractivity contribution in [2.24, 2.45) is 0 Å². The fourth-order valence-corrected chi connectivity index (χ4v) is 4.24. The molecule has 0 bridgehead atoms. The van der Waals surface area contributed by atoms with E-state index in [-0.39, 0.29) is 4.82 Å². The van der Waals surface area contributed by atoms with E-state index in [1.807, 2.05) is 6.07 Å². The van der Waals surface area contributed by atoms with Gasteiger partial charge in [0, 0.05) is 0 Å². The van der Waals surface area contributed by atoms with Crippen LogP contribution in [0.1, 0.15) is 58.3 Å². The number of carbonyl (C=O) groups excluding carboxylic acids is 1. The zero-order chi connectivity index (χ0) is 13.8. The van der Waals surface area contributed by atoms with Gasteiger partial charge in [0.1, 0.15) is 0 Å². The summed E-state index contributed by atoms with van der Waals surface area (Å²) in [7, 11) is 0.